The lowest BCUT2D eigenvalue weighted by Gasteiger charge is -2.28. The van der Waals surface area contributed by atoms with Crippen LogP contribution in [-0.4, -0.2) is 27.3 Å². The summed E-state index contributed by atoms with van der Waals surface area (Å²) in [5, 5.41) is 32.2. The molecule has 1 aliphatic carbocycles. The number of hydrogen-bond donors (Lipinski definition) is 2. The van der Waals surface area contributed by atoms with Gasteiger partial charge in [-0.05, 0) is 37.0 Å². The minimum absolute atomic E-state index is 0.0907. The Morgan fingerprint density at radius 1 is 1.16 bits per heavy atom. The molecule has 3 aromatic rings. The van der Waals surface area contributed by atoms with E-state index in [1.807, 2.05) is 5.38 Å². The Balaban J connectivity index is 1.65. The Labute approximate surface area is 194 Å². The molecule has 0 saturated heterocycles. The largest absolute Gasteiger partial charge is 0.488 e. The molecule has 2 atom stereocenters. The van der Waals surface area contributed by atoms with Crippen molar-refractivity contribution < 1.29 is 9.84 Å². The van der Waals surface area contributed by atoms with Crippen LogP contribution in [0.25, 0.3) is 11.1 Å². The molecule has 1 fully saturated rings. The molecule has 9 heteroatoms. The van der Waals surface area contributed by atoms with Crippen molar-refractivity contribution in [2.24, 2.45) is 0 Å². The maximum Gasteiger partial charge on any atom is 0.143 e. The molecule has 0 aliphatic heterocycles. The molecule has 2 heterocycles. The number of anilines is 1. The predicted octanol–water partition coefficient (Wildman–Crippen LogP) is 4.51. The van der Waals surface area contributed by atoms with Crippen molar-refractivity contribution in [1.82, 2.24) is 9.97 Å². The zero-order valence-electron chi connectivity index (χ0n) is 17.2. The van der Waals surface area contributed by atoms with E-state index >= 15 is 0 Å². The maximum atomic E-state index is 10.2. The third-order valence-corrected chi connectivity index (χ3v) is 7.00. The fourth-order valence-electron chi connectivity index (χ4n) is 3.73. The molecule has 1 aromatic carbocycles. The topological polar surface area (TPSA) is 129 Å². The summed E-state index contributed by atoms with van der Waals surface area (Å²) in [4.78, 5) is 8.58. The van der Waals surface area contributed by atoms with E-state index in [0.29, 0.717) is 33.2 Å². The quantitative estimate of drug-likeness (QED) is 0.511. The van der Waals surface area contributed by atoms with Crippen LogP contribution in [0.5, 0.6) is 5.75 Å². The summed E-state index contributed by atoms with van der Waals surface area (Å²) in [6.45, 7) is 0. The smallest absolute Gasteiger partial charge is 0.143 e. The lowest BCUT2D eigenvalue weighted by Crippen LogP contribution is -2.34. The van der Waals surface area contributed by atoms with Crippen LogP contribution in [0.3, 0.4) is 0 Å². The van der Waals surface area contributed by atoms with Crippen LogP contribution in [0.15, 0.2) is 40.2 Å². The molecule has 0 amide bonds. The number of aliphatic hydroxyl groups is 1. The van der Waals surface area contributed by atoms with Gasteiger partial charge < -0.3 is 15.6 Å². The van der Waals surface area contributed by atoms with Crippen LogP contribution < -0.4 is 10.5 Å². The third kappa shape index (κ3) is 4.71. The van der Waals surface area contributed by atoms with Gasteiger partial charge in [0, 0.05) is 16.7 Å². The molecule has 7 nitrogen and oxygen atoms in total. The van der Waals surface area contributed by atoms with Crippen LogP contribution in [0, 0.1) is 22.7 Å². The monoisotopic (exact) mass is 463 g/mol. The normalized spacial score (nSPS) is 18.0. The second-order valence-electron chi connectivity index (χ2n) is 7.45. The van der Waals surface area contributed by atoms with Crippen molar-refractivity contribution in [1.29, 1.82) is 10.5 Å². The first-order valence-corrected chi connectivity index (χ1v) is 12.1. The van der Waals surface area contributed by atoms with E-state index in [2.05, 4.69) is 22.1 Å². The third-order valence-electron chi connectivity index (χ3n) is 5.35. The lowest BCUT2D eigenvalue weighted by molar-refractivity contribution is 0.00688. The van der Waals surface area contributed by atoms with Gasteiger partial charge in [-0.2, -0.15) is 10.5 Å². The fourth-order valence-corrected chi connectivity index (χ4v) is 5.29. The number of aromatic nitrogens is 2. The zero-order chi connectivity index (χ0) is 22.5. The summed E-state index contributed by atoms with van der Waals surface area (Å²) < 4.78 is 5.97. The van der Waals surface area contributed by atoms with Gasteiger partial charge in [-0.25, -0.2) is 9.97 Å². The second-order valence-corrected chi connectivity index (χ2v) is 9.13. The number of nitrogens with two attached hydrogens (primary N) is 1. The van der Waals surface area contributed by atoms with Gasteiger partial charge in [0.15, 0.2) is 0 Å². The minimum atomic E-state index is -0.462. The van der Waals surface area contributed by atoms with E-state index in [4.69, 9.17) is 10.5 Å². The fraction of sp³-hybridized carbons (Fsp3) is 0.304. The van der Waals surface area contributed by atoms with Crippen molar-refractivity contribution >= 4 is 28.9 Å². The number of thiazole rings is 1. The molecule has 0 spiro atoms. The molecule has 3 N–H and O–H groups in total. The van der Waals surface area contributed by atoms with Crippen LogP contribution in [0.2, 0.25) is 0 Å². The number of rotatable bonds is 6. The molecule has 32 heavy (non-hydrogen) atoms. The Hall–Kier alpha value is -3.11. The van der Waals surface area contributed by atoms with Gasteiger partial charge in [-0.3, -0.25) is 0 Å². The summed E-state index contributed by atoms with van der Waals surface area (Å²) in [5.74, 6) is 1.27. The molecule has 4 rings (SSSR count). The van der Waals surface area contributed by atoms with Gasteiger partial charge in [-0.15, -0.1) is 11.3 Å². The standard InChI is InChI=1S/C23H21N5O2S2/c24-9-17-21(14-5-7-16(8-6-14)30-20-4-2-1-3-19(20)29)18(10-25)23(28-22(17)26)32-12-15-11-31-13-27-15/h5-8,11,13,19-20,29H,1-4,12H2,(H2,26,28)/t19-,20-/m0/s1. The summed E-state index contributed by atoms with van der Waals surface area (Å²) in [6, 6.07) is 11.5. The van der Waals surface area contributed by atoms with E-state index in [1.165, 1.54) is 23.1 Å². The average molecular weight is 464 g/mol. The number of nitrogens with zero attached hydrogens (tertiary/aromatic N) is 4. The van der Waals surface area contributed by atoms with E-state index < -0.39 is 6.10 Å². The van der Waals surface area contributed by atoms with Crippen molar-refractivity contribution in [2.75, 3.05) is 5.73 Å². The van der Waals surface area contributed by atoms with Crippen LogP contribution >= 0.6 is 23.1 Å². The van der Waals surface area contributed by atoms with E-state index in [1.54, 1.807) is 29.8 Å². The van der Waals surface area contributed by atoms with Gasteiger partial charge in [0.25, 0.3) is 0 Å². The van der Waals surface area contributed by atoms with Gasteiger partial charge in [0.2, 0.25) is 0 Å². The van der Waals surface area contributed by atoms with Crippen molar-refractivity contribution in [3.05, 3.63) is 52.0 Å². The van der Waals surface area contributed by atoms with Gasteiger partial charge >= 0.3 is 0 Å². The average Bonchev–Trinajstić information content (AvgIpc) is 3.33. The van der Waals surface area contributed by atoms with Crippen molar-refractivity contribution in [2.45, 2.75) is 48.7 Å². The first-order valence-electron chi connectivity index (χ1n) is 10.2. The molecule has 162 valence electrons. The van der Waals surface area contributed by atoms with Crippen molar-refractivity contribution in [3.8, 4) is 29.0 Å². The molecule has 1 saturated carbocycles. The summed E-state index contributed by atoms with van der Waals surface area (Å²) in [7, 11) is 0. The van der Waals surface area contributed by atoms with E-state index in [0.717, 1.165) is 31.4 Å². The molecular formula is C23H21N5O2S2. The minimum Gasteiger partial charge on any atom is -0.488 e. The number of aliphatic hydroxyl groups excluding tert-OH is 1. The summed E-state index contributed by atoms with van der Waals surface area (Å²) in [6.07, 6.45) is 2.94. The maximum absolute atomic E-state index is 10.2. The first kappa shape index (κ1) is 22.1. The molecular weight excluding hydrogens is 442 g/mol. The first-order chi connectivity index (χ1) is 15.6. The molecule has 0 bridgehead atoms. The molecule has 0 radical (unpaired) electrons. The molecule has 1 aliphatic rings. The lowest BCUT2D eigenvalue weighted by atomic mass is 9.94. The number of hydrogen-bond acceptors (Lipinski definition) is 9. The molecule has 2 aromatic heterocycles. The number of nitrogen functional groups attached to an aromatic ring is 1. The Kier molecular flexibility index (Phi) is 6.91. The summed E-state index contributed by atoms with van der Waals surface area (Å²) in [5.41, 5.74) is 10.4. The molecule has 0 unspecified atom stereocenters. The van der Waals surface area contributed by atoms with E-state index in [9.17, 15) is 15.6 Å². The van der Waals surface area contributed by atoms with E-state index in [-0.39, 0.29) is 17.5 Å². The predicted molar refractivity (Wildman–Crippen MR) is 124 cm³/mol. The van der Waals surface area contributed by atoms with Crippen LogP contribution in [0.1, 0.15) is 42.5 Å². The Morgan fingerprint density at radius 3 is 2.56 bits per heavy atom. The second kappa shape index (κ2) is 10.0. The number of nitriles is 2. The SMILES string of the molecule is N#Cc1c(N)nc(SCc2cscn2)c(C#N)c1-c1ccc(O[C@H]2CCCC[C@@H]2O)cc1. The Bertz CT molecular complexity index is 1170. The van der Waals surface area contributed by atoms with Gasteiger partial charge in [0.05, 0.1) is 22.9 Å². The number of benzene rings is 1. The Morgan fingerprint density at radius 2 is 1.91 bits per heavy atom. The van der Waals surface area contributed by atoms with Crippen LogP contribution in [-0.2, 0) is 5.75 Å². The van der Waals surface area contributed by atoms with Gasteiger partial charge in [-0.1, -0.05) is 30.3 Å². The summed E-state index contributed by atoms with van der Waals surface area (Å²) >= 11 is 2.87. The number of thioether (sulfide) groups is 1. The highest BCUT2D eigenvalue weighted by atomic mass is 32.2. The highest BCUT2D eigenvalue weighted by Crippen LogP contribution is 2.37. The highest BCUT2D eigenvalue weighted by molar-refractivity contribution is 7.98. The van der Waals surface area contributed by atoms with Crippen LogP contribution in [0.4, 0.5) is 5.82 Å². The number of ether oxygens (including phenoxy) is 1. The highest BCUT2D eigenvalue weighted by Gasteiger charge is 2.25. The van der Waals surface area contributed by atoms with Gasteiger partial charge in [0.1, 0.15) is 40.4 Å². The number of pyridine rings is 1. The van der Waals surface area contributed by atoms with Crippen molar-refractivity contribution in [3.63, 3.8) is 0 Å². The zero-order valence-corrected chi connectivity index (χ0v) is 18.8.